The van der Waals surface area contributed by atoms with E-state index < -0.39 is 6.10 Å². The molecule has 0 saturated carbocycles. The van der Waals surface area contributed by atoms with Crippen molar-refractivity contribution in [3.63, 3.8) is 0 Å². The highest BCUT2D eigenvalue weighted by molar-refractivity contribution is 5.07. The van der Waals surface area contributed by atoms with Gasteiger partial charge in [0.1, 0.15) is 17.6 Å². The van der Waals surface area contributed by atoms with Crippen LogP contribution in [0, 0.1) is 6.92 Å². The van der Waals surface area contributed by atoms with Crippen molar-refractivity contribution in [2.75, 3.05) is 6.54 Å². The Balaban J connectivity index is 2.74. The molecule has 0 aliphatic rings. The molecule has 1 aromatic rings. The van der Waals surface area contributed by atoms with Gasteiger partial charge < -0.3 is 15.3 Å². The molecule has 0 bridgehead atoms. The van der Waals surface area contributed by atoms with Crippen LogP contribution < -0.4 is 5.73 Å². The molecule has 0 spiro atoms. The summed E-state index contributed by atoms with van der Waals surface area (Å²) in [4.78, 5) is 0. The normalized spacial score (nSPS) is 13.5. The second-order valence-electron chi connectivity index (χ2n) is 2.20. The zero-order chi connectivity index (χ0) is 7.56. The maximum atomic E-state index is 9.12. The van der Waals surface area contributed by atoms with E-state index in [1.807, 2.05) is 6.92 Å². The highest BCUT2D eigenvalue weighted by Gasteiger charge is 2.07. The molecule has 3 nitrogen and oxygen atoms in total. The van der Waals surface area contributed by atoms with E-state index in [0.29, 0.717) is 5.76 Å². The lowest BCUT2D eigenvalue weighted by Gasteiger charge is -2.01. The fraction of sp³-hybridized carbons (Fsp3) is 0.429. The summed E-state index contributed by atoms with van der Waals surface area (Å²) in [7, 11) is 0. The number of hydrogen-bond acceptors (Lipinski definition) is 3. The number of aliphatic hydroxyl groups excluding tert-OH is 1. The molecule has 0 fully saturated rings. The fourth-order valence-corrected chi connectivity index (χ4v) is 0.749. The van der Waals surface area contributed by atoms with Crippen LogP contribution in [-0.4, -0.2) is 11.7 Å². The molecule has 56 valence electrons. The molecule has 0 saturated heterocycles. The zero-order valence-corrected chi connectivity index (χ0v) is 5.87. The second-order valence-corrected chi connectivity index (χ2v) is 2.20. The van der Waals surface area contributed by atoms with E-state index in [2.05, 4.69) is 0 Å². The second kappa shape index (κ2) is 2.86. The van der Waals surface area contributed by atoms with Gasteiger partial charge >= 0.3 is 0 Å². The van der Waals surface area contributed by atoms with Crippen molar-refractivity contribution >= 4 is 0 Å². The lowest BCUT2D eigenvalue weighted by molar-refractivity contribution is 0.156. The molecule has 0 aliphatic carbocycles. The van der Waals surface area contributed by atoms with E-state index in [0.717, 1.165) is 5.76 Å². The van der Waals surface area contributed by atoms with Crippen LogP contribution in [0.1, 0.15) is 17.6 Å². The van der Waals surface area contributed by atoms with E-state index in [-0.39, 0.29) is 6.54 Å². The van der Waals surface area contributed by atoms with E-state index in [9.17, 15) is 0 Å². The Morgan fingerprint density at radius 1 is 1.70 bits per heavy atom. The van der Waals surface area contributed by atoms with Crippen LogP contribution in [0.5, 0.6) is 0 Å². The Bertz CT molecular complexity index is 207. The maximum absolute atomic E-state index is 9.12. The number of aryl methyl sites for hydroxylation is 1. The Morgan fingerprint density at radius 3 is 2.80 bits per heavy atom. The van der Waals surface area contributed by atoms with Gasteiger partial charge in [0.15, 0.2) is 0 Å². The van der Waals surface area contributed by atoms with Crippen molar-refractivity contribution in [1.82, 2.24) is 0 Å². The predicted molar refractivity (Wildman–Crippen MR) is 37.5 cm³/mol. The first-order valence-corrected chi connectivity index (χ1v) is 3.18. The molecule has 0 aromatic carbocycles. The minimum atomic E-state index is -0.659. The van der Waals surface area contributed by atoms with E-state index >= 15 is 0 Å². The summed E-state index contributed by atoms with van der Waals surface area (Å²) in [5.74, 6) is 1.34. The van der Waals surface area contributed by atoms with Gasteiger partial charge in [0.05, 0.1) is 0 Å². The quantitative estimate of drug-likeness (QED) is 0.633. The number of nitrogens with two attached hydrogens (primary N) is 1. The summed E-state index contributed by atoms with van der Waals surface area (Å²) in [6, 6.07) is 3.53. The van der Waals surface area contributed by atoms with Gasteiger partial charge in [0.25, 0.3) is 0 Å². The first-order valence-electron chi connectivity index (χ1n) is 3.18. The molecule has 1 rings (SSSR count). The van der Waals surface area contributed by atoms with Gasteiger partial charge in [-0.1, -0.05) is 0 Å². The Kier molecular flexibility index (Phi) is 2.09. The fourth-order valence-electron chi connectivity index (χ4n) is 0.749. The number of aliphatic hydroxyl groups is 1. The lowest BCUT2D eigenvalue weighted by Crippen LogP contribution is -2.10. The molecule has 3 N–H and O–H groups in total. The predicted octanol–water partition coefficient (Wildman–Crippen LogP) is 0.580. The monoisotopic (exact) mass is 141 g/mol. The maximum Gasteiger partial charge on any atom is 0.133 e. The summed E-state index contributed by atoms with van der Waals surface area (Å²) >= 11 is 0. The minimum Gasteiger partial charge on any atom is -0.464 e. The zero-order valence-electron chi connectivity index (χ0n) is 5.87. The van der Waals surface area contributed by atoms with Crippen molar-refractivity contribution in [3.05, 3.63) is 23.7 Å². The summed E-state index contributed by atoms with van der Waals surface area (Å²) < 4.78 is 5.11. The third-order valence-electron chi connectivity index (χ3n) is 1.31. The SMILES string of the molecule is Cc1ccc([C@H](O)CN)o1. The summed E-state index contributed by atoms with van der Waals surface area (Å²) in [5, 5.41) is 9.12. The largest absolute Gasteiger partial charge is 0.464 e. The molecule has 3 heteroatoms. The third-order valence-corrected chi connectivity index (χ3v) is 1.31. The highest BCUT2D eigenvalue weighted by atomic mass is 16.4. The van der Waals surface area contributed by atoms with Gasteiger partial charge in [-0.05, 0) is 19.1 Å². The first-order chi connectivity index (χ1) is 4.74. The van der Waals surface area contributed by atoms with Crippen LogP contribution in [-0.2, 0) is 0 Å². The lowest BCUT2D eigenvalue weighted by atomic mass is 10.3. The molecule has 0 aliphatic heterocycles. The molecule has 1 heterocycles. The smallest absolute Gasteiger partial charge is 0.133 e. The Labute approximate surface area is 59.5 Å². The van der Waals surface area contributed by atoms with Crippen molar-refractivity contribution < 1.29 is 9.52 Å². The standard InChI is InChI=1S/C7H11NO2/c1-5-2-3-7(10-5)6(9)4-8/h2-3,6,9H,4,8H2,1H3/t6-/m1/s1. The molecule has 0 amide bonds. The van der Waals surface area contributed by atoms with Crippen LogP contribution in [0.25, 0.3) is 0 Å². The van der Waals surface area contributed by atoms with Crippen molar-refractivity contribution in [3.8, 4) is 0 Å². The number of furan rings is 1. The first kappa shape index (κ1) is 7.31. The van der Waals surface area contributed by atoms with Gasteiger partial charge in [-0.15, -0.1) is 0 Å². The van der Waals surface area contributed by atoms with Crippen molar-refractivity contribution in [2.24, 2.45) is 5.73 Å². The Hall–Kier alpha value is -0.800. The van der Waals surface area contributed by atoms with E-state index in [1.165, 1.54) is 0 Å². The Morgan fingerprint density at radius 2 is 2.40 bits per heavy atom. The molecule has 1 aromatic heterocycles. The van der Waals surface area contributed by atoms with Crippen LogP contribution in [0.15, 0.2) is 16.5 Å². The number of hydrogen-bond donors (Lipinski definition) is 2. The van der Waals surface area contributed by atoms with Gasteiger partial charge in [0.2, 0.25) is 0 Å². The van der Waals surface area contributed by atoms with E-state index in [1.54, 1.807) is 12.1 Å². The van der Waals surface area contributed by atoms with E-state index in [4.69, 9.17) is 15.3 Å². The molecule has 0 unspecified atom stereocenters. The van der Waals surface area contributed by atoms with Gasteiger partial charge in [-0.2, -0.15) is 0 Å². The molecule has 10 heavy (non-hydrogen) atoms. The van der Waals surface area contributed by atoms with Crippen LogP contribution >= 0.6 is 0 Å². The molecular weight excluding hydrogens is 130 g/mol. The summed E-state index contributed by atoms with van der Waals surface area (Å²) in [6.45, 7) is 2.03. The molecular formula is C7H11NO2. The highest BCUT2D eigenvalue weighted by Crippen LogP contribution is 2.13. The third kappa shape index (κ3) is 1.37. The average molecular weight is 141 g/mol. The summed E-state index contributed by atoms with van der Waals surface area (Å²) in [6.07, 6.45) is -0.659. The van der Waals surface area contributed by atoms with Crippen molar-refractivity contribution in [2.45, 2.75) is 13.0 Å². The molecule has 0 radical (unpaired) electrons. The van der Waals surface area contributed by atoms with Gasteiger partial charge in [-0.25, -0.2) is 0 Å². The van der Waals surface area contributed by atoms with Crippen LogP contribution in [0.3, 0.4) is 0 Å². The van der Waals surface area contributed by atoms with Crippen LogP contribution in [0.2, 0.25) is 0 Å². The average Bonchev–Trinajstić information content (AvgIpc) is 2.34. The van der Waals surface area contributed by atoms with Crippen LogP contribution in [0.4, 0.5) is 0 Å². The molecule has 1 atom stereocenters. The topological polar surface area (TPSA) is 59.4 Å². The van der Waals surface area contributed by atoms with Crippen molar-refractivity contribution in [1.29, 1.82) is 0 Å². The summed E-state index contributed by atoms with van der Waals surface area (Å²) in [5.41, 5.74) is 5.20. The number of rotatable bonds is 2. The van der Waals surface area contributed by atoms with Gasteiger partial charge in [0, 0.05) is 6.54 Å². The minimum absolute atomic E-state index is 0.201. The van der Waals surface area contributed by atoms with Gasteiger partial charge in [-0.3, -0.25) is 0 Å².